The molecule has 0 unspecified atom stereocenters. The highest BCUT2D eigenvalue weighted by molar-refractivity contribution is 7.99. The Bertz CT molecular complexity index is 1000. The van der Waals surface area contributed by atoms with Crippen LogP contribution >= 0.6 is 11.8 Å². The molecule has 0 spiro atoms. The predicted octanol–water partition coefficient (Wildman–Crippen LogP) is 3.78. The largest absolute Gasteiger partial charge is 0.497 e. The van der Waals surface area contributed by atoms with E-state index in [0.29, 0.717) is 22.2 Å². The first kappa shape index (κ1) is 20.2. The number of hydrogen-bond acceptors (Lipinski definition) is 6. The summed E-state index contributed by atoms with van der Waals surface area (Å²) < 4.78 is 10.7. The Balaban J connectivity index is 1.47. The third-order valence-electron chi connectivity index (χ3n) is 3.70. The number of methoxy groups -OCH3 is 1. The monoisotopic (exact) mass is 409 g/mol. The van der Waals surface area contributed by atoms with Gasteiger partial charge in [-0.2, -0.15) is 5.10 Å². The summed E-state index contributed by atoms with van der Waals surface area (Å²) in [6.07, 6.45) is 1.40. The molecule has 2 amide bonds. The molecule has 148 valence electrons. The number of nitrogens with one attached hydrogen (secondary N) is 2. The van der Waals surface area contributed by atoms with E-state index >= 15 is 0 Å². The molecular weight excluding hydrogens is 390 g/mol. The van der Waals surface area contributed by atoms with Crippen LogP contribution < -0.4 is 15.5 Å². The zero-order chi connectivity index (χ0) is 20.5. The third kappa shape index (κ3) is 6.25. The van der Waals surface area contributed by atoms with Crippen LogP contribution in [0, 0.1) is 0 Å². The minimum absolute atomic E-state index is 0.127. The molecule has 1 heterocycles. The normalized spacial score (nSPS) is 10.7. The van der Waals surface area contributed by atoms with Crippen LogP contribution in [0.2, 0.25) is 0 Å². The van der Waals surface area contributed by atoms with Crippen molar-refractivity contribution in [2.75, 3.05) is 18.2 Å². The van der Waals surface area contributed by atoms with Crippen LogP contribution in [0.1, 0.15) is 16.1 Å². The molecule has 0 fully saturated rings. The van der Waals surface area contributed by atoms with Crippen LogP contribution in [-0.4, -0.2) is 30.9 Å². The fourth-order valence-corrected chi connectivity index (χ4v) is 2.98. The van der Waals surface area contributed by atoms with Crippen LogP contribution in [0.4, 0.5) is 5.69 Å². The summed E-state index contributed by atoms with van der Waals surface area (Å²) in [6.45, 7) is 0. The molecule has 3 aromatic rings. The Morgan fingerprint density at radius 3 is 2.72 bits per heavy atom. The third-order valence-corrected chi connectivity index (χ3v) is 4.61. The Morgan fingerprint density at radius 2 is 1.93 bits per heavy atom. The van der Waals surface area contributed by atoms with Crippen LogP contribution in [0.5, 0.6) is 5.75 Å². The Kier molecular flexibility index (Phi) is 7.07. The zero-order valence-electron chi connectivity index (χ0n) is 15.6. The highest BCUT2D eigenvalue weighted by atomic mass is 32.2. The molecule has 0 aliphatic rings. The number of hydrazone groups is 1. The van der Waals surface area contributed by atoms with Gasteiger partial charge in [0.1, 0.15) is 11.5 Å². The number of rotatable bonds is 8. The van der Waals surface area contributed by atoms with E-state index in [0.717, 1.165) is 5.69 Å². The number of amides is 2. The molecule has 8 heteroatoms. The Morgan fingerprint density at radius 1 is 1.10 bits per heavy atom. The smallest absolute Gasteiger partial charge is 0.271 e. The number of ether oxygens (including phenoxy) is 1. The lowest BCUT2D eigenvalue weighted by Gasteiger charge is -2.03. The van der Waals surface area contributed by atoms with Gasteiger partial charge in [0.25, 0.3) is 5.91 Å². The van der Waals surface area contributed by atoms with Gasteiger partial charge in [-0.25, -0.2) is 5.43 Å². The first-order chi connectivity index (χ1) is 14.1. The van der Waals surface area contributed by atoms with Crippen molar-refractivity contribution in [2.24, 2.45) is 5.10 Å². The fraction of sp³-hybridized carbons (Fsp3) is 0.0952. The molecule has 0 aliphatic heterocycles. The van der Waals surface area contributed by atoms with E-state index < -0.39 is 0 Å². The quantitative estimate of drug-likeness (QED) is 0.336. The average molecular weight is 409 g/mol. The summed E-state index contributed by atoms with van der Waals surface area (Å²) >= 11 is 1.27. The molecule has 29 heavy (non-hydrogen) atoms. The summed E-state index contributed by atoms with van der Waals surface area (Å²) in [5.74, 6) is 0.774. The summed E-state index contributed by atoms with van der Waals surface area (Å²) in [5, 5.41) is 7.27. The summed E-state index contributed by atoms with van der Waals surface area (Å²) in [7, 11) is 1.53. The number of thioether (sulfide) groups is 1. The predicted molar refractivity (Wildman–Crippen MR) is 113 cm³/mol. The molecule has 0 saturated carbocycles. The van der Waals surface area contributed by atoms with E-state index in [1.54, 1.807) is 36.4 Å². The van der Waals surface area contributed by atoms with Gasteiger partial charge >= 0.3 is 0 Å². The fourth-order valence-electron chi connectivity index (χ4n) is 2.32. The second-order valence-corrected chi connectivity index (χ2v) is 6.77. The van der Waals surface area contributed by atoms with Gasteiger partial charge in [0.15, 0.2) is 5.09 Å². The van der Waals surface area contributed by atoms with Crippen molar-refractivity contribution in [3.8, 4) is 5.75 Å². The Labute approximate surface area is 172 Å². The number of carbonyl (C=O) groups is 2. The first-order valence-electron chi connectivity index (χ1n) is 8.69. The van der Waals surface area contributed by atoms with Crippen LogP contribution in [0.15, 0.2) is 81.3 Å². The summed E-state index contributed by atoms with van der Waals surface area (Å²) in [4.78, 5) is 24.0. The number of hydrogen-bond donors (Lipinski definition) is 2. The summed E-state index contributed by atoms with van der Waals surface area (Å²) in [5.41, 5.74) is 3.61. The maximum Gasteiger partial charge on any atom is 0.271 e. The molecule has 3 rings (SSSR count). The van der Waals surface area contributed by atoms with Crippen molar-refractivity contribution < 1.29 is 18.7 Å². The van der Waals surface area contributed by atoms with Gasteiger partial charge in [0, 0.05) is 11.3 Å². The van der Waals surface area contributed by atoms with Crippen molar-refractivity contribution in [3.63, 3.8) is 0 Å². The Hall–Kier alpha value is -3.52. The molecular formula is C21H19N3O4S. The second kappa shape index (κ2) is 10.1. The molecule has 2 aromatic carbocycles. The zero-order valence-corrected chi connectivity index (χ0v) is 16.4. The minimum atomic E-state index is -0.362. The maximum atomic E-state index is 12.1. The summed E-state index contributed by atoms with van der Waals surface area (Å²) in [6, 6.07) is 19.4. The lowest BCUT2D eigenvalue weighted by atomic mass is 10.2. The molecule has 2 N–H and O–H groups in total. The number of carbonyl (C=O) groups excluding carboxylic acids is 2. The molecule has 0 atom stereocenters. The first-order valence-corrected chi connectivity index (χ1v) is 9.67. The minimum Gasteiger partial charge on any atom is -0.497 e. The standard InChI is InChI=1S/C21H19N3O4S/c1-27-17-9-5-6-15(12-17)21(26)24-22-13-18-10-11-20(28-18)29-14-19(25)23-16-7-3-2-4-8-16/h2-13H,14H2,1H3,(H,23,25)(H,24,26)/b22-13-. The molecule has 0 saturated heterocycles. The average Bonchev–Trinajstić information content (AvgIpc) is 3.21. The highest BCUT2D eigenvalue weighted by Gasteiger charge is 2.08. The highest BCUT2D eigenvalue weighted by Crippen LogP contribution is 2.20. The van der Waals surface area contributed by atoms with Gasteiger partial charge in [-0.1, -0.05) is 36.0 Å². The topological polar surface area (TPSA) is 92.9 Å². The maximum absolute atomic E-state index is 12.1. The number of anilines is 1. The number of furan rings is 1. The number of benzene rings is 2. The van der Waals surface area contributed by atoms with Gasteiger partial charge in [-0.15, -0.1) is 0 Å². The van der Waals surface area contributed by atoms with Gasteiger partial charge < -0.3 is 14.5 Å². The van der Waals surface area contributed by atoms with E-state index in [9.17, 15) is 9.59 Å². The van der Waals surface area contributed by atoms with E-state index in [1.165, 1.54) is 25.1 Å². The van der Waals surface area contributed by atoms with Crippen molar-refractivity contribution >= 4 is 35.5 Å². The molecule has 0 radical (unpaired) electrons. The lowest BCUT2D eigenvalue weighted by Crippen LogP contribution is -2.17. The van der Waals surface area contributed by atoms with E-state index in [2.05, 4.69) is 15.8 Å². The van der Waals surface area contributed by atoms with Gasteiger partial charge in [-0.05, 0) is 42.5 Å². The molecule has 1 aromatic heterocycles. The van der Waals surface area contributed by atoms with Crippen LogP contribution in [-0.2, 0) is 4.79 Å². The van der Waals surface area contributed by atoms with E-state index in [1.807, 2.05) is 30.3 Å². The van der Waals surface area contributed by atoms with Gasteiger partial charge in [0.05, 0.1) is 19.1 Å². The van der Waals surface area contributed by atoms with Crippen LogP contribution in [0.25, 0.3) is 0 Å². The van der Waals surface area contributed by atoms with Crippen molar-refractivity contribution in [1.82, 2.24) is 5.43 Å². The molecule has 7 nitrogen and oxygen atoms in total. The van der Waals surface area contributed by atoms with E-state index in [-0.39, 0.29) is 17.6 Å². The molecule has 0 aliphatic carbocycles. The second-order valence-electron chi connectivity index (χ2n) is 5.79. The van der Waals surface area contributed by atoms with Crippen molar-refractivity contribution in [1.29, 1.82) is 0 Å². The van der Waals surface area contributed by atoms with Gasteiger partial charge in [-0.3, -0.25) is 9.59 Å². The number of para-hydroxylation sites is 1. The lowest BCUT2D eigenvalue weighted by molar-refractivity contribution is -0.113. The van der Waals surface area contributed by atoms with Crippen molar-refractivity contribution in [3.05, 3.63) is 78.1 Å². The van der Waals surface area contributed by atoms with Crippen LogP contribution in [0.3, 0.4) is 0 Å². The number of nitrogens with zero attached hydrogens (tertiary/aromatic N) is 1. The molecule has 0 bridgehead atoms. The van der Waals surface area contributed by atoms with Gasteiger partial charge in [0.2, 0.25) is 5.91 Å². The van der Waals surface area contributed by atoms with E-state index in [4.69, 9.17) is 9.15 Å². The SMILES string of the molecule is COc1cccc(C(=O)N/N=C\c2ccc(SCC(=O)Nc3ccccc3)o2)c1. The van der Waals surface area contributed by atoms with Crippen molar-refractivity contribution in [2.45, 2.75) is 5.09 Å².